The molecule has 0 radical (unpaired) electrons. The van der Waals surface area contributed by atoms with Gasteiger partial charge < -0.3 is 10.5 Å². The minimum atomic E-state index is -0.615. The predicted molar refractivity (Wildman–Crippen MR) is 128 cm³/mol. The van der Waals surface area contributed by atoms with Crippen molar-refractivity contribution in [3.05, 3.63) is 11.6 Å². The predicted octanol–water partition coefficient (Wildman–Crippen LogP) is 7.49. The molecule has 0 aromatic carbocycles. The van der Waals surface area contributed by atoms with Gasteiger partial charge in [0.2, 0.25) is 0 Å². The minimum absolute atomic E-state index is 0.00946. The summed E-state index contributed by atoms with van der Waals surface area (Å²) in [6.07, 6.45) is 16.1. The van der Waals surface area contributed by atoms with Gasteiger partial charge in [-0.1, -0.05) is 65.5 Å². The van der Waals surface area contributed by atoms with Gasteiger partial charge in [-0.05, 0) is 91.3 Å². The number of fused-ring (bicyclic) bond motifs is 5. The molecule has 2 N–H and O–H groups in total. The lowest BCUT2D eigenvalue weighted by molar-refractivity contribution is -0.0578. The third-order valence-corrected chi connectivity index (χ3v) is 10.5. The molecule has 176 valence electrons. The van der Waals surface area contributed by atoms with Gasteiger partial charge in [-0.15, -0.1) is 0 Å². The molecule has 0 aromatic rings. The van der Waals surface area contributed by atoms with Crippen LogP contribution in [0.3, 0.4) is 0 Å². The van der Waals surface area contributed by atoms with Crippen molar-refractivity contribution in [3.8, 4) is 0 Å². The fraction of sp³-hybridized carbons (Fsp3) is 0.893. The lowest BCUT2D eigenvalue weighted by Crippen LogP contribution is -2.51. The molecule has 4 aliphatic carbocycles. The van der Waals surface area contributed by atoms with E-state index in [1.807, 2.05) is 0 Å². The van der Waals surface area contributed by atoms with E-state index in [0.29, 0.717) is 10.8 Å². The van der Waals surface area contributed by atoms with Crippen LogP contribution in [0.1, 0.15) is 105 Å². The SMILES string of the molecule is CC(C)CCCC(C)[C@H]1CCC2C3CC=C4C[C@@H](OC(N)=O)CC[C@]4(C)C3CC[C@@]21C. The maximum atomic E-state index is 11.3. The van der Waals surface area contributed by atoms with Gasteiger partial charge in [0.15, 0.2) is 0 Å². The first-order valence-corrected chi connectivity index (χ1v) is 13.3. The number of primary amides is 1. The quantitative estimate of drug-likeness (QED) is 0.445. The van der Waals surface area contributed by atoms with E-state index in [1.54, 1.807) is 5.57 Å². The zero-order valence-corrected chi connectivity index (χ0v) is 20.8. The summed E-state index contributed by atoms with van der Waals surface area (Å²) in [6.45, 7) is 12.5. The molecule has 4 unspecified atom stereocenters. The molecule has 0 aliphatic heterocycles. The Morgan fingerprint density at radius 2 is 1.87 bits per heavy atom. The molecule has 0 aromatic heterocycles. The Morgan fingerprint density at radius 1 is 1.10 bits per heavy atom. The second kappa shape index (κ2) is 8.75. The van der Waals surface area contributed by atoms with Gasteiger partial charge in [0.1, 0.15) is 6.10 Å². The summed E-state index contributed by atoms with van der Waals surface area (Å²) in [4.78, 5) is 11.3. The molecule has 8 atom stereocenters. The van der Waals surface area contributed by atoms with Gasteiger partial charge in [-0.2, -0.15) is 0 Å². The van der Waals surface area contributed by atoms with E-state index >= 15 is 0 Å². The summed E-state index contributed by atoms with van der Waals surface area (Å²) < 4.78 is 5.39. The van der Waals surface area contributed by atoms with Gasteiger partial charge >= 0.3 is 6.09 Å². The van der Waals surface area contributed by atoms with E-state index in [9.17, 15) is 4.79 Å². The largest absolute Gasteiger partial charge is 0.446 e. The highest BCUT2D eigenvalue weighted by Crippen LogP contribution is 2.67. The van der Waals surface area contributed by atoms with Crippen LogP contribution in [0.5, 0.6) is 0 Å². The van der Waals surface area contributed by atoms with E-state index in [0.717, 1.165) is 54.8 Å². The first kappa shape index (κ1) is 23.2. The van der Waals surface area contributed by atoms with Crippen molar-refractivity contribution in [1.82, 2.24) is 0 Å². The summed E-state index contributed by atoms with van der Waals surface area (Å²) in [5.74, 6) is 5.20. The van der Waals surface area contributed by atoms with E-state index in [2.05, 4.69) is 40.7 Å². The van der Waals surface area contributed by atoms with Gasteiger partial charge in [0.05, 0.1) is 0 Å². The number of hydrogen-bond donors (Lipinski definition) is 1. The van der Waals surface area contributed by atoms with Crippen LogP contribution in [-0.4, -0.2) is 12.2 Å². The van der Waals surface area contributed by atoms with E-state index in [4.69, 9.17) is 10.5 Å². The van der Waals surface area contributed by atoms with Gasteiger partial charge in [0, 0.05) is 6.42 Å². The highest BCUT2D eigenvalue weighted by Gasteiger charge is 2.59. The van der Waals surface area contributed by atoms with Crippen molar-refractivity contribution in [1.29, 1.82) is 0 Å². The number of ether oxygens (including phenoxy) is 1. The number of carbonyl (C=O) groups excluding carboxylic acids is 1. The van der Waals surface area contributed by atoms with Gasteiger partial charge in [-0.25, -0.2) is 4.79 Å². The monoisotopic (exact) mass is 429 g/mol. The van der Waals surface area contributed by atoms with Crippen molar-refractivity contribution < 1.29 is 9.53 Å². The highest BCUT2D eigenvalue weighted by molar-refractivity contribution is 5.64. The molecule has 1 amide bonds. The fourth-order valence-electron chi connectivity index (χ4n) is 8.92. The van der Waals surface area contributed by atoms with Gasteiger partial charge in [0.25, 0.3) is 0 Å². The zero-order chi connectivity index (χ0) is 22.4. The second-order valence-corrected chi connectivity index (χ2v) is 12.6. The molecule has 3 nitrogen and oxygen atoms in total. The third-order valence-electron chi connectivity index (χ3n) is 10.5. The average Bonchev–Trinajstić information content (AvgIpc) is 3.05. The van der Waals surface area contributed by atoms with Crippen LogP contribution in [-0.2, 0) is 4.74 Å². The molecular weight excluding hydrogens is 382 g/mol. The second-order valence-electron chi connectivity index (χ2n) is 12.6. The Balaban J connectivity index is 1.47. The number of carbonyl (C=O) groups is 1. The van der Waals surface area contributed by atoms with Gasteiger partial charge in [-0.3, -0.25) is 0 Å². The lowest BCUT2D eigenvalue weighted by Gasteiger charge is -2.58. The first-order valence-electron chi connectivity index (χ1n) is 13.3. The molecule has 31 heavy (non-hydrogen) atoms. The summed E-state index contributed by atoms with van der Waals surface area (Å²) in [7, 11) is 0. The molecule has 0 bridgehead atoms. The molecule has 3 heteroatoms. The summed E-state index contributed by atoms with van der Waals surface area (Å²) in [6, 6.07) is 0. The highest BCUT2D eigenvalue weighted by atomic mass is 16.6. The van der Waals surface area contributed by atoms with Crippen molar-refractivity contribution >= 4 is 6.09 Å². The van der Waals surface area contributed by atoms with E-state index in [1.165, 1.54) is 51.4 Å². The summed E-state index contributed by atoms with van der Waals surface area (Å²) in [5, 5.41) is 0. The van der Waals surface area contributed by atoms with E-state index < -0.39 is 6.09 Å². The van der Waals surface area contributed by atoms with Crippen molar-refractivity contribution in [2.45, 2.75) is 111 Å². The summed E-state index contributed by atoms with van der Waals surface area (Å²) in [5.41, 5.74) is 7.72. The standard InChI is InChI=1S/C28H47NO2/c1-18(2)7-6-8-19(3)23-11-12-24-22-10-9-20-17-21(31-26(29)30)13-15-27(20,4)25(22)14-16-28(23,24)5/h9,18-19,21-25H,6-8,10-17H2,1-5H3,(H2,29,30)/t19?,21-,22?,23+,24?,25?,27-,28+/m0/s1. The molecular formula is C28H47NO2. The van der Waals surface area contributed by atoms with Crippen LogP contribution in [0.15, 0.2) is 11.6 Å². The number of nitrogens with two attached hydrogens (primary N) is 1. The van der Waals surface area contributed by atoms with Crippen molar-refractivity contribution in [3.63, 3.8) is 0 Å². The number of allylic oxidation sites excluding steroid dienone is 1. The van der Waals surface area contributed by atoms with Crippen LogP contribution in [0.25, 0.3) is 0 Å². The minimum Gasteiger partial charge on any atom is -0.446 e. The van der Waals surface area contributed by atoms with Crippen molar-refractivity contribution in [2.24, 2.45) is 52.1 Å². The summed E-state index contributed by atoms with van der Waals surface area (Å²) >= 11 is 0. The molecule has 0 heterocycles. The number of rotatable bonds is 6. The first-order chi connectivity index (χ1) is 14.6. The molecule has 0 spiro atoms. The maximum Gasteiger partial charge on any atom is 0.404 e. The number of amides is 1. The molecule has 3 saturated carbocycles. The Hall–Kier alpha value is -0.990. The number of hydrogen-bond acceptors (Lipinski definition) is 2. The van der Waals surface area contributed by atoms with E-state index in [-0.39, 0.29) is 6.10 Å². The Morgan fingerprint density at radius 3 is 2.58 bits per heavy atom. The van der Waals surface area contributed by atoms with Crippen LogP contribution in [0, 0.1) is 46.3 Å². The topological polar surface area (TPSA) is 52.3 Å². The van der Waals surface area contributed by atoms with Crippen LogP contribution >= 0.6 is 0 Å². The third kappa shape index (κ3) is 4.20. The smallest absolute Gasteiger partial charge is 0.404 e. The Bertz CT molecular complexity index is 699. The Labute approximate surface area is 190 Å². The normalized spacial score (nSPS) is 42.9. The molecule has 4 aliphatic rings. The Kier molecular flexibility index (Phi) is 6.54. The van der Waals surface area contributed by atoms with Crippen LogP contribution in [0.2, 0.25) is 0 Å². The molecule has 4 rings (SSSR count). The van der Waals surface area contributed by atoms with Crippen LogP contribution < -0.4 is 5.73 Å². The fourth-order valence-corrected chi connectivity index (χ4v) is 8.92. The molecule has 0 saturated heterocycles. The van der Waals surface area contributed by atoms with Crippen LogP contribution in [0.4, 0.5) is 4.79 Å². The molecule has 3 fully saturated rings. The average molecular weight is 430 g/mol. The lowest BCUT2D eigenvalue weighted by atomic mass is 9.47. The van der Waals surface area contributed by atoms with Crippen molar-refractivity contribution in [2.75, 3.05) is 0 Å². The maximum absolute atomic E-state index is 11.3. The zero-order valence-electron chi connectivity index (χ0n) is 20.8.